The van der Waals surface area contributed by atoms with Crippen LogP contribution in [0.2, 0.25) is 0 Å². The second-order valence-electron chi connectivity index (χ2n) is 4.40. The first-order chi connectivity index (χ1) is 8.09. The molecule has 0 unspecified atom stereocenters. The Hall–Kier alpha value is -1.85. The van der Waals surface area contributed by atoms with Crippen LogP contribution in [0.4, 0.5) is 5.82 Å². The zero-order chi connectivity index (χ0) is 12.4. The molecule has 0 bridgehead atoms. The Kier molecular flexibility index (Phi) is 3.12. The van der Waals surface area contributed by atoms with Crippen molar-refractivity contribution < 1.29 is 14.7 Å². The van der Waals surface area contributed by atoms with Gasteiger partial charge in [-0.15, -0.1) is 0 Å². The maximum absolute atomic E-state index is 12.0. The predicted octanol–water partition coefficient (Wildman–Crippen LogP) is 1.16. The van der Waals surface area contributed by atoms with E-state index in [1.807, 2.05) is 6.92 Å². The smallest absolute Gasteiger partial charge is 0.307 e. The summed E-state index contributed by atoms with van der Waals surface area (Å²) < 4.78 is 0. The van der Waals surface area contributed by atoms with Crippen LogP contribution in [-0.2, 0) is 9.59 Å². The summed E-state index contributed by atoms with van der Waals surface area (Å²) in [6.07, 6.45) is 3.61. The zero-order valence-electron chi connectivity index (χ0n) is 9.56. The summed E-state index contributed by atoms with van der Waals surface area (Å²) in [7, 11) is 0. The monoisotopic (exact) mass is 237 g/mol. The molecule has 0 radical (unpaired) electrons. The second kappa shape index (κ2) is 4.57. The summed E-state index contributed by atoms with van der Waals surface area (Å²) in [6.45, 7) is 1.82. The SMILES string of the molecule is Cc1cn[nH]c1NC(=O)[C@@H]1CCC[C@@H]1C(=O)O. The fourth-order valence-electron chi connectivity index (χ4n) is 2.26. The molecule has 1 aliphatic carbocycles. The van der Waals surface area contributed by atoms with Gasteiger partial charge >= 0.3 is 5.97 Å². The van der Waals surface area contributed by atoms with Gasteiger partial charge in [0.25, 0.3) is 0 Å². The molecule has 2 rings (SSSR count). The van der Waals surface area contributed by atoms with Gasteiger partial charge in [0.15, 0.2) is 0 Å². The average molecular weight is 237 g/mol. The van der Waals surface area contributed by atoms with Gasteiger partial charge in [-0.25, -0.2) is 0 Å². The first-order valence-electron chi connectivity index (χ1n) is 5.63. The average Bonchev–Trinajstić information content (AvgIpc) is 2.87. The standard InChI is InChI=1S/C11H15N3O3/c1-6-5-12-14-9(6)13-10(15)7-3-2-4-8(7)11(16)17/h5,7-8H,2-4H2,1H3,(H,16,17)(H2,12,13,14,15)/t7-,8+/m1/s1. The van der Waals surface area contributed by atoms with Crippen molar-refractivity contribution in [2.24, 2.45) is 11.8 Å². The van der Waals surface area contributed by atoms with Gasteiger partial charge in [0.2, 0.25) is 5.91 Å². The topological polar surface area (TPSA) is 95.1 Å². The normalized spacial score (nSPS) is 23.6. The van der Waals surface area contributed by atoms with E-state index < -0.39 is 17.8 Å². The van der Waals surface area contributed by atoms with Crippen molar-refractivity contribution in [3.8, 4) is 0 Å². The van der Waals surface area contributed by atoms with E-state index in [2.05, 4.69) is 15.5 Å². The quantitative estimate of drug-likeness (QED) is 0.735. The number of carbonyl (C=O) groups is 2. The lowest BCUT2D eigenvalue weighted by Crippen LogP contribution is -2.30. The minimum atomic E-state index is -0.885. The Morgan fingerprint density at radius 3 is 2.76 bits per heavy atom. The van der Waals surface area contributed by atoms with Crippen LogP contribution < -0.4 is 5.32 Å². The van der Waals surface area contributed by atoms with Gasteiger partial charge in [0.05, 0.1) is 18.0 Å². The number of hydrogen-bond acceptors (Lipinski definition) is 3. The van der Waals surface area contributed by atoms with Gasteiger partial charge in [-0.1, -0.05) is 6.42 Å². The number of aromatic amines is 1. The highest BCUT2D eigenvalue weighted by Gasteiger charge is 2.37. The molecule has 17 heavy (non-hydrogen) atoms. The summed E-state index contributed by atoms with van der Waals surface area (Å²) in [6, 6.07) is 0. The van der Waals surface area contributed by atoms with Crippen LogP contribution in [0.5, 0.6) is 0 Å². The molecular weight excluding hydrogens is 222 g/mol. The Morgan fingerprint density at radius 1 is 1.47 bits per heavy atom. The largest absolute Gasteiger partial charge is 0.481 e. The molecule has 1 aromatic rings. The number of nitrogens with zero attached hydrogens (tertiary/aromatic N) is 1. The molecule has 1 fully saturated rings. The van der Waals surface area contributed by atoms with E-state index in [-0.39, 0.29) is 5.91 Å². The molecule has 1 heterocycles. The molecule has 0 spiro atoms. The number of aryl methyl sites for hydroxylation is 1. The Bertz CT molecular complexity index is 441. The molecule has 0 aliphatic heterocycles. The van der Waals surface area contributed by atoms with Crippen LogP contribution in [0.3, 0.4) is 0 Å². The molecule has 2 atom stereocenters. The van der Waals surface area contributed by atoms with Crippen molar-refractivity contribution in [1.82, 2.24) is 10.2 Å². The molecular formula is C11H15N3O3. The van der Waals surface area contributed by atoms with Crippen LogP contribution >= 0.6 is 0 Å². The third kappa shape index (κ3) is 2.30. The summed E-state index contributed by atoms with van der Waals surface area (Å²) in [5, 5.41) is 18.2. The molecule has 0 aromatic carbocycles. The van der Waals surface area contributed by atoms with Crippen LogP contribution in [0, 0.1) is 18.8 Å². The van der Waals surface area contributed by atoms with E-state index >= 15 is 0 Å². The first-order valence-corrected chi connectivity index (χ1v) is 5.63. The zero-order valence-corrected chi connectivity index (χ0v) is 9.56. The van der Waals surface area contributed by atoms with Crippen LogP contribution in [0.15, 0.2) is 6.20 Å². The van der Waals surface area contributed by atoms with Crippen molar-refractivity contribution >= 4 is 17.7 Å². The minimum absolute atomic E-state index is 0.234. The molecule has 1 amide bonds. The third-order valence-electron chi connectivity index (χ3n) is 3.25. The summed E-state index contributed by atoms with van der Waals surface area (Å²) in [5.41, 5.74) is 0.836. The van der Waals surface area contributed by atoms with Crippen molar-refractivity contribution in [1.29, 1.82) is 0 Å². The molecule has 6 heteroatoms. The summed E-state index contributed by atoms with van der Waals surface area (Å²) in [5.74, 6) is -1.56. The van der Waals surface area contributed by atoms with Gasteiger partial charge in [-0.05, 0) is 19.8 Å². The lowest BCUT2D eigenvalue weighted by atomic mass is 9.95. The Labute approximate surface area is 98.4 Å². The van der Waals surface area contributed by atoms with E-state index in [1.165, 1.54) is 0 Å². The van der Waals surface area contributed by atoms with Crippen LogP contribution in [-0.4, -0.2) is 27.2 Å². The van der Waals surface area contributed by atoms with Crippen molar-refractivity contribution in [2.45, 2.75) is 26.2 Å². The molecule has 1 aliphatic rings. The van der Waals surface area contributed by atoms with Gasteiger partial charge < -0.3 is 10.4 Å². The number of carboxylic acid groups (broad SMARTS) is 1. The number of anilines is 1. The van der Waals surface area contributed by atoms with E-state index in [0.29, 0.717) is 18.7 Å². The maximum atomic E-state index is 12.0. The Morgan fingerprint density at radius 2 is 2.18 bits per heavy atom. The van der Waals surface area contributed by atoms with Crippen molar-refractivity contribution in [2.75, 3.05) is 5.32 Å². The molecule has 6 nitrogen and oxygen atoms in total. The number of nitrogens with one attached hydrogen (secondary N) is 2. The van der Waals surface area contributed by atoms with Crippen molar-refractivity contribution in [3.05, 3.63) is 11.8 Å². The summed E-state index contributed by atoms with van der Waals surface area (Å²) >= 11 is 0. The molecule has 0 saturated heterocycles. The van der Waals surface area contributed by atoms with E-state index in [9.17, 15) is 9.59 Å². The minimum Gasteiger partial charge on any atom is -0.481 e. The highest BCUT2D eigenvalue weighted by Crippen LogP contribution is 2.32. The molecule has 1 aromatic heterocycles. The van der Waals surface area contributed by atoms with Crippen LogP contribution in [0.1, 0.15) is 24.8 Å². The number of aromatic nitrogens is 2. The Balaban J connectivity index is 2.05. The lowest BCUT2D eigenvalue weighted by Gasteiger charge is -2.14. The van der Waals surface area contributed by atoms with Gasteiger partial charge in [0, 0.05) is 5.56 Å². The molecule has 3 N–H and O–H groups in total. The van der Waals surface area contributed by atoms with E-state index in [1.54, 1.807) is 6.20 Å². The lowest BCUT2D eigenvalue weighted by molar-refractivity contribution is -0.145. The molecule has 92 valence electrons. The highest BCUT2D eigenvalue weighted by atomic mass is 16.4. The number of rotatable bonds is 3. The molecule has 1 saturated carbocycles. The van der Waals surface area contributed by atoms with Gasteiger partial charge in [-0.3, -0.25) is 14.7 Å². The number of H-pyrrole nitrogens is 1. The van der Waals surface area contributed by atoms with Crippen LogP contribution in [0.25, 0.3) is 0 Å². The maximum Gasteiger partial charge on any atom is 0.307 e. The highest BCUT2D eigenvalue weighted by molar-refractivity contribution is 5.95. The van der Waals surface area contributed by atoms with Gasteiger partial charge in [-0.2, -0.15) is 5.10 Å². The van der Waals surface area contributed by atoms with Crippen molar-refractivity contribution in [3.63, 3.8) is 0 Å². The number of carboxylic acids is 1. The number of carbonyl (C=O) groups excluding carboxylic acids is 1. The predicted molar refractivity (Wildman–Crippen MR) is 60.4 cm³/mol. The number of amides is 1. The van der Waals surface area contributed by atoms with E-state index in [4.69, 9.17) is 5.11 Å². The third-order valence-corrected chi connectivity index (χ3v) is 3.25. The first kappa shape index (κ1) is 11.6. The van der Waals surface area contributed by atoms with E-state index in [0.717, 1.165) is 12.0 Å². The fourth-order valence-corrected chi connectivity index (χ4v) is 2.26. The summed E-state index contributed by atoms with van der Waals surface area (Å²) in [4.78, 5) is 22.9. The van der Waals surface area contributed by atoms with Gasteiger partial charge in [0.1, 0.15) is 5.82 Å². The fraction of sp³-hybridized carbons (Fsp3) is 0.545. The number of aliphatic carboxylic acids is 1. The second-order valence-corrected chi connectivity index (χ2v) is 4.40. The number of hydrogen-bond donors (Lipinski definition) is 3.